The molecule has 0 spiro atoms. The van der Waals surface area contributed by atoms with E-state index < -0.39 is 11.7 Å². The Kier molecular flexibility index (Phi) is 6.39. The molecule has 2 atom stereocenters. The Hall–Kier alpha value is -1.24. The van der Waals surface area contributed by atoms with Crippen molar-refractivity contribution in [3.05, 3.63) is 29.8 Å². The van der Waals surface area contributed by atoms with Gasteiger partial charge in [0.25, 0.3) is 0 Å². The van der Waals surface area contributed by atoms with E-state index in [1.54, 1.807) is 18.2 Å². The Morgan fingerprint density at radius 2 is 2.07 bits per heavy atom. The van der Waals surface area contributed by atoms with Gasteiger partial charge in [0.05, 0.1) is 5.60 Å². The van der Waals surface area contributed by atoms with Crippen LogP contribution in [0.25, 0.3) is 0 Å². The van der Waals surface area contributed by atoms with E-state index in [1.807, 2.05) is 13.1 Å². The molecule has 2 aliphatic rings. The Labute approximate surface area is 160 Å². The Morgan fingerprint density at radius 3 is 2.70 bits per heavy atom. The summed E-state index contributed by atoms with van der Waals surface area (Å²) >= 11 is 0. The molecule has 1 aliphatic heterocycles. The van der Waals surface area contributed by atoms with E-state index in [-0.39, 0.29) is 11.7 Å². The van der Waals surface area contributed by atoms with Crippen molar-refractivity contribution < 1.29 is 18.6 Å². The number of alkyl halides is 2. The van der Waals surface area contributed by atoms with Gasteiger partial charge in [-0.1, -0.05) is 31.4 Å². The molecule has 0 radical (unpaired) electrons. The van der Waals surface area contributed by atoms with Crippen molar-refractivity contribution in [2.24, 2.45) is 0 Å². The summed E-state index contributed by atoms with van der Waals surface area (Å²) in [4.78, 5) is 2.38. The van der Waals surface area contributed by atoms with E-state index in [1.165, 1.54) is 0 Å². The number of likely N-dealkylation sites (tertiary alicyclic amines) is 1. The summed E-state index contributed by atoms with van der Waals surface area (Å²) in [5, 5.41) is 14.8. The molecule has 0 amide bonds. The van der Waals surface area contributed by atoms with Crippen molar-refractivity contribution in [2.75, 3.05) is 26.7 Å². The number of benzene rings is 1. The zero-order valence-corrected chi connectivity index (χ0v) is 16.4. The molecule has 0 aromatic heterocycles. The van der Waals surface area contributed by atoms with Gasteiger partial charge in [-0.3, -0.25) is 0 Å². The minimum atomic E-state index is -3.22. The molecule has 152 valence electrons. The third kappa shape index (κ3) is 5.39. The zero-order chi connectivity index (χ0) is 19.5. The summed E-state index contributed by atoms with van der Waals surface area (Å²) in [6, 6.07) is 7.38. The lowest BCUT2D eigenvalue weighted by Crippen LogP contribution is -2.44. The number of nitrogens with zero attached hydrogens (tertiary/aromatic N) is 1. The molecule has 2 N–H and O–H groups in total. The fraction of sp³-hybridized carbons (Fsp3) is 0.714. The summed E-state index contributed by atoms with van der Waals surface area (Å²) < 4.78 is 31.4. The van der Waals surface area contributed by atoms with Gasteiger partial charge in [0.15, 0.2) is 0 Å². The van der Waals surface area contributed by atoms with Gasteiger partial charge in [0.1, 0.15) is 5.75 Å². The highest BCUT2D eigenvalue weighted by molar-refractivity contribution is 5.33. The van der Waals surface area contributed by atoms with Crippen molar-refractivity contribution >= 4 is 0 Å². The number of aliphatic hydroxyl groups is 1. The topological polar surface area (TPSA) is 44.7 Å². The molecule has 1 aromatic rings. The summed E-state index contributed by atoms with van der Waals surface area (Å²) in [6.45, 7) is 3.42. The fourth-order valence-corrected chi connectivity index (χ4v) is 4.59. The summed E-state index contributed by atoms with van der Waals surface area (Å²) in [5.41, 5.74) is 0.0950. The number of halogens is 2. The molecule has 2 fully saturated rings. The maximum atomic E-state index is 13.3. The molecule has 1 saturated carbocycles. The van der Waals surface area contributed by atoms with Gasteiger partial charge < -0.3 is 20.1 Å². The quantitative estimate of drug-likeness (QED) is 0.754. The smallest absolute Gasteiger partial charge is 0.394 e. The van der Waals surface area contributed by atoms with Crippen LogP contribution in [0.5, 0.6) is 5.75 Å². The molecule has 3 rings (SSSR count). The average molecular weight is 382 g/mol. The first-order valence-corrected chi connectivity index (χ1v) is 10.1. The monoisotopic (exact) mass is 382 g/mol. The van der Waals surface area contributed by atoms with Crippen LogP contribution in [-0.4, -0.2) is 54.4 Å². The molecule has 1 aromatic carbocycles. The van der Waals surface area contributed by atoms with Gasteiger partial charge in [0, 0.05) is 32.0 Å². The van der Waals surface area contributed by atoms with Crippen LogP contribution in [0.4, 0.5) is 8.78 Å². The Bertz CT molecular complexity index is 614. The van der Waals surface area contributed by atoms with Crippen LogP contribution in [0.1, 0.15) is 56.9 Å². The number of hydrogen-bond acceptors (Lipinski definition) is 4. The molecule has 27 heavy (non-hydrogen) atoms. The molecule has 4 nitrogen and oxygen atoms in total. The van der Waals surface area contributed by atoms with E-state index in [9.17, 15) is 13.9 Å². The van der Waals surface area contributed by atoms with Crippen LogP contribution in [0.3, 0.4) is 0 Å². The van der Waals surface area contributed by atoms with Crippen molar-refractivity contribution in [2.45, 2.75) is 69.1 Å². The largest absolute Gasteiger partial charge is 0.433 e. The Balaban J connectivity index is 1.84. The highest BCUT2D eigenvalue weighted by Crippen LogP contribution is 2.41. The van der Waals surface area contributed by atoms with E-state index in [2.05, 4.69) is 10.2 Å². The van der Waals surface area contributed by atoms with Crippen molar-refractivity contribution in [3.63, 3.8) is 0 Å². The van der Waals surface area contributed by atoms with Crippen LogP contribution in [0.15, 0.2) is 24.3 Å². The average Bonchev–Trinajstić information content (AvgIpc) is 3.07. The number of likely N-dealkylation sites (N-methyl/N-ethyl adjacent to an activating group) is 1. The second-order valence-corrected chi connectivity index (χ2v) is 8.23. The van der Waals surface area contributed by atoms with E-state index in [4.69, 9.17) is 4.74 Å². The summed E-state index contributed by atoms with van der Waals surface area (Å²) in [7, 11) is 1.98. The lowest BCUT2D eigenvalue weighted by atomic mass is 9.72. The van der Waals surface area contributed by atoms with E-state index in [0.717, 1.165) is 70.6 Å². The van der Waals surface area contributed by atoms with Crippen molar-refractivity contribution in [1.29, 1.82) is 0 Å². The van der Waals surface area contributed by atoms with Crippen LogP contribution in [0, 0.1) is 0 Å². The molecule has 0 bridgehead atoms. The molecular weight excluding hydrogens is 350 g/mol. The second kappa shape index (κ2) is 8.41. The van der Waals surface area contributed by atoms with Gasteiger partial charge in [0.2, 0.25) is 0 Å². The molecule has 1 unspecified atom stereocenters. The SMILES string of the molecule is CN[C@H]1CCN(CC(c2cccc(OC(C)(F)F)c2)C2(O)CCCCC2)C1. The lowest BCUT2D eigenvalue weighted by molar-refractivity contribution is -0.159. The number of hydrogen-bond donors (Lipinski definition) is 2. The third-order valence-corrected chi connectivity index (χ3v) is 6.05. The number of nitrogens with one attached hydrogen (secondary N) is 1. The summed E-state index contributed by atoms with van der Waals surface area (Å²) in [6.07, 6.45) is 2.56. The van der Waals surface area contributed by atoms with Gasteiger partial charge in [-0.05, 0) is 50.6 Å². The highest BCUT2D eigenvalue weighted by atomic mass is 19.3. The standard InChI is InChI=1S/C21H32F2N2O2/c1-20(22,23)27-18-8-6-7-16(13-18)19(21(26)10-4-3-5-11-21)15-25-12-9-17(14-25)24-2/h6-8,13,17,19,24,26H,3-5,9-12,14-15H2,1-2H3/t17-,19?/m0/s1. The maximum Gasteiger partial charge on any atom is 0.394 e. The van der Waals surface area contributed by atoms with Crippen molar-refractivity contribution in [1.82, 2.24) is 10.2 Å². The Morgan fingerprint density at radius 1 is 1.33 bits per heavy atom. The van der Waals surface area contributed by atoms with Gasteiger partial charge in [-0.15, -0.1) is 0 Å². The first kappa shape index (κ1) is 20.5. The van der Waals surface area contributed by atoms with E-state index >= 15 is 0 Å². The third-order valence-electron chi connectivity index (χ3n) is 6.05. The maximum absolute atomic E-state index is 13.3. The first-order valence-electron chi connectivity index (χ1n) is 10.1. The predicted octanol–water partition coefficient (Wildman–Crippen LogP) is 3.75. The van der Waals surface area contributed by atoms with Crippen molar-refractivity contribution in [3.8, 4) is 5.75 Å². The zero-order valence-electron chi connectivity index (χ0n) is 16.4. The number of ether oxygens (including phenoxy) is 1. The molecule has 1 aliphatic carbocycles. The summed E-state index contributed by atoms with van der Waals surface area (Å²) in [5.74, 6) is 0.0429. The van der Waals surface area contributed by atoms with Gasteiger partial charge >= 0.3 is 6.11 Å². The van der Waals surface area contributed by atoms with Crippen LogP contribution in [0.2, 0.25) is 0 Å². The van der Waals surface area contributed by atoms with Crippen LogP contribution >= 0.6 is 0 Å². The minimum absolute atomic E-state index is 0.109. The highest BCUT2D eigenvalue weighted by Gasteiger charge is 2.40. The second-order valence-electron chi connectivity index (χ2n) is 8.23. The van der Waals surface area contributed by atoms with Gasteiger partial charge in [-0.25, -0.2) is 0 Å². The predicted molar refractivity (Wildman–Crippen MR) is 102 cm³/mol. The lowest BCUT2D eigenvalue weighted by Gasteiger charge is -2.41. The molecule has 6 heteroatoms. The van der Waals surface area contributed by atoms with Crippen LogP contribution in [-0.2, 0) is 0 Å². The first-order chi connectivity index (χ1) is 12.8. The van der Waals surface area contributed by atoms with Gasteiger partial charge in [-0.2, -0.15) is 8.78 Å². The van der Waals surface area contributed by atoms with E-state index in [0.29, 0.717) is 6.04 Å². The molecular formula is C21H32F2N2O2. The minimum Gasteiger partial charge on any atom is -0.433 e. The van der Waals surface area contributed by atoms with Crippen LogP contribution < -0.4 is 10.1 Å². The normalized spacial score (nSPS) is 24.7. The molecule has 1 heterocycles. The fourth-order valence-electron chi connectivity index (χ4n) is 4.59. The molecule has 1 saturated heterocycles. The number of rotatable bonds is 7.